The summed E-state index contributed by atoms with van der Waals surface area (Å²) in [5.41, 5.74) is 1.97. The molecule has 132 valence electrons. The van der Waals surface area contributed by atoms with Gasteiger partial charge in [-0.25, -0.2) is 4.79 Å². The van der Waals surface area contributed by atoms with E-state index < -0.39 is 5.97 Å². The van der Waals surface area contributed by atoms with Gasteiger partial charge < -0.3 is 24.4 Å². The first-order valence-corrected chi connectivity index (χ1v) is 8.52. The highest BCUT2D eigenvalue weighted by Crippen LogP contribution is 2.38. The molecule has 0 aliphatic carbocycles. The van der Waals surface area contributed by atoms with E-state index in [1.165, 1.54) is 0 Å². The van der Waals surface area contributed by atoms with E-state index in [4.69, 9.17) is 14.2 Å². The molecule has 3 aliphatic heterocycles. The van der Waals surface area contributed by atoms with E-state index >= 15 is 0 Å². The third-order valence-corrected chi connectivity index (χ3v) is 4.91. The molecule has 7 heteroatoms. The lowest BCUT2D eigenvalue weighted by Crippen LogP contribution is -2.43. The molecule has 1 saturated heterocycles. The Morgan fingerprint density at radius 3 is 2.96 bits per heavy atom. The maximum absolute atomic E-state index is 12.5. The van der Waals surface area contributed by atoms with Gasteiger partial charge in [-0.2, -0.15) is 0 Å². The molecule has 0 radical (unpaired) electrons. The SMILES string of the molecule is O=C(Oc1ccc2c(c1)OCO2)c1ccc2c(c1)NC(=O)[C@H]1CCCN21. The second-order valence-corrected chi connectivity index (χ2v) is 6.48. The van der Waals surface area contributed by atoms with Crippen molar-refractivity contribution in [2.75, 3.05) is 23.6 Å². The van der Waals surface area contributed by atoms with E-state index in [0.717, 1.165) is 25.1 Å². The summed E-state index contributed by atoms with van der Waals surface area (Å²) in [7, 11) is 0. The highest BCUT2D eigenvalue weighted by atomic mass is 16.7. The van der Waals surface area contributed by atoms with Crippen molar-refractivity contribution in [1.82, 2.24) is 0 Å². The molecule has 1 N–H and O–H groups in total. The zero-order valence-corrected chi connectivity index (χ0v) is 13.9. The van der Waals surface area contributed by atoms with Crippen LogP contribution in [0.25, 0.3) is 0 Å². The zero-order valence-electron chi connectivity index (χ0n) is 13.9. The lowest BCUT2D eigenvalue weighted by molar-refractivity contribution is -0.117. The number of nitrogens with zero attached hydrogens (tertiary/aromatic N) is 1. The van der Waals surface area contributed by atoms with Crippen LogP contribution in [0, 0.1) is 0 Å². The van der Waals surface area contributed by atoms with Gasteiger partial charge >= 0.3 is 5.97 Å². The van der Waals surface area contributed by atoms with Crippen LogP contribution in [0.3, 0.4) is 0 Å². The molecule has 3 aliphatic rings. The Morgan fingerprint density at radius 1 is 1.15 bits per heavy atom. The number of esters is 1. The number of rotatable bonds is 2. The van der Waals surface area contributed by atoms with Gasteiger partial charge in [-0.1, -0.05) is 0 Å². The average molecular weight is 352 g/mol. The zero-order chi connectivity index (χ0) is 17.7. The molecule has 0 aromatic heterocycles. The molecule has 0 bridgehead atoms. The molecule has 1 amide bonds. The molecule has 3 heterocycles. The number of carbonyl (C=O) groups is 2. The van der Waals surface area contributed by atoms with Crippen molar-refractivity contribution in [3.8, 4) is 17.2 Å². The Morgan fingerprint density at radius 2 is 2.04 bits per heavy atom. The van der Waals surface area contributed by atoms with E-state index in [1.54, 1.807) is 30.3 Å². The number of fused-ring (bicyclic) bond motifs is 4. The minimum absolute atomic E-state index is 0.0173. The molecular formula is C19H16N2O5. The van der Waals surface area contributed by atoms with Crippen LogP contribution >= 0.6 is 0 Å². The first kappa shape index (κ1) is 15.1. The van der Waals surface area contributed by atoms with E-state index in [9.17, 15) is 9.59 Å². The molecule has 2 aromatic rings. The van der Waals surface area contributed by atoms with Crippen molar-refractivity contribution in [3.05, 3.63) is 42.0 Å². The number of hydrogen-bond donors (Lipinski definition) is 1. The number of anilines is 2. The van der Waals surface area contributed by atoms with Crippen molar-refractivity contribution in [2.45, 2.75) is 18.9 Å². The molecule has 26 heavy (non-hydrogen) atoms. The summed E-state index contributed by atoms with van der Waals surface area (Å²) in [5.74, 6) is 1.04. The Balaban J connectivity index is 1.40. The van der Waals surface area contributed by atoms with Crippen LogP contribution in [0.5, 0.6) is 17.2 Å². The predicted molar refractivity (Wildman–Crippen MR) is 93.0 cm³/mol. The molecule has 7 nitrogen and oxygen atoms in total. The number of nitrogens with one attached hydrogen (secondary N) is 1. The minimum atomic E-state index is -0.496. The summed E-state index contributed by atoms with van der Waals surface area (Å²) in [6, 6.07) is 10.1. The molecule has 1 fully saturated rings. The minimum Gasteiger partial charge on any atom is -0.454 e. The van der Waals surface area contributed by atoms with E-state index in [1.807, 2.05) is 6.07 Å². The number of amides is 1. The smallest absolute Gasteiger partial charge is 0.343 e. The van der Waals surface area contributed by atoms with Gasteiger partial charge in [0, 0.05) is 12.6 Å². The third kappa shape index (κ3) is 2.35. The number of benzene rings is 2. The first-order valence-electron chi connectivity index (χ1n) is 8.52. The predicted octanol–water partition coefficient (Wildman–Crippen LogP) is 2.56. The highest BCUT2D eigenvalue weighted by molar-refractivity contribution is 6.05. The van der Waals surface area contributed by atoms with Gasteiger partial charge in [0.2, 0.25) is 12.7 Å². The van der Waals surface area contributed by atoms with Gasteiger partial charge in [0.05, 0.1) is 16.9 Å². The van der Waals surface area contributed by atoms with Gasteiger partial charge in [0.15, 0.2) is 11.5 Å². The normalized spacial score (nSPS) is 19.6. The van der Waals surface area contributed by atoms with Gasteiger partial charge in [0.25, 0.3) is 0 Å². The van der Waals surface area contributed by atoms with Crippen LogP contribution in [0.4, 0.5) is 11.4 Å². The van der Waals surface area contributed by atoms with Gasteiger partial charge in [-0.15, -0.1) is 0 Å². The summed E-state index contributed by atoms with van der Waals surface area (Å²) in [5, 5.41) is 2.90. The molecule has 1 atom stereocenters. The van der Waals surface area contributed by atoms with Crippen molar-refractivity contribution >= 4 is 23.3 Å². The maximum atomic E-state index is 12.5. The highest BCUT2D eigenvalue weighted by Gasteiger charge is 2.36. The first-order chi connectivity index (χ1) is 12.7. The molecular weight excluding hydrogens is 336 g/mol. The van der Waals surface area contributed by atoms with Gasteiger partial charge in [0.1, 0.15) is 11.8 Å². The molecule has 0 unspecified atom stereocenters. The monoisotopic (exact) mass is 352 g/mol. The Labute approximate surface area is 149 Å². The second kappa shape index (κ2) is 5.66. The second-order valence-electron chi connectivity index (χ2n) is 6.48. The summed E-state index contributed by atoms with van der Waals surface area (Å²) >= 11 is 0. The van der Waals surface area contributed by atoms with Crippen LogP contribution in [-0.2, 0) is 4.79 Å². The van der Waals surface area contributed by atoms with Crippen LogP contribution in [0.15, 0.2) is 36.4 Å². The van der Waals surface area contributed by atoms with Crippen molar-refractivity contribution in [3.63, 3.8) is 0 Å². The number of hydrogen-bond acceptors (Lipinski definition) is 6. The lowest BCUT2D eigenvalue weighted by Gasteiger charge is -2.33. The molecule has 0 saturated carbocycles. The summed E-state index contributed by atoms with van der Waals surface area (Å²) < 4.78 is 16.0. The largest absolute Gasteiger partial charge is 0.454 e. The summed E-state index contributed by atoms with van der Waals surface area (Å²) in [6.07, 6.45) is 1.85. The van der Waals surface area contributed by atoms with E-state index in [2.05, 4.69) is 10.2 Å². The topological polar surface area (TPSA) is 77.1 Å². The van der Waals surface area contributed by atoms with Gasteiger partial charge in [-0.3, -0.25) is 4.79 Å². The third-order valence-electron chi connectivity index (χ3n) is 4.91. The lowest BCUT2D eigenvalue weighted by atomic mass is 10.1. The standard InChI is InChI=1S/C19H16N2O5/c22-18-15-2-1-7-21(15)14-5-3-11(8-13(14)20-18)19(23)26-12-4-6-16-17(9-12)25-10-24-16/h3-6,8-9,15H,1-2,7,10H2,(H,20,22)/t15-/m1/s1. The fourth-order valence-corrected chi connectivity index (χ4v) is 3.66. The van der Waals surface area contributed by atoms with Crippen molar-refractivity contribution in [1.29, 1.82) is 0 Å². The van der Waals surface area contributed by atoms with Crippen LogP contribution in [0.2, 0.25) is 0 Å². The number of carbonyl (C=O) groups excluding carboxylic acids is 2. The van der Waals surface area contributed by atoms with Crippen LogP contribution in [-0.4, -0.2) is 31.3 Å². The van der Waals surface area contributed by atoms with E-state index in [0.29, 0.717) is 28.5 Å². The van der Waals surface area contributed by atoms with E-state index in [-0.39, 0.29) is 18.7 Å². The fourth-order valence-electron chi connectivity index (χ4n) is 3.66. The van der Waals surface area contributed by atoms with Crippen LogP contribution in [0.1, 0.15) is 23.2 Å². The van der Waals surface area contributed by atoms with Crippen molar-refractivity contribution < 1.29 is 23.8 Å². The molecule has 5 rings (SSSR count). The quantitative estimate of drug-likeness (QED) is 0.661. The number of ether oxygens (including phenoxy) is 3. The molecule has 2 aromatic carbocycles. The Kier molecular flexibility index (Phi) is 3.28. The summed E-state index contributed by atoms with van der Waals surface area (Å²) in [4.78, 5) is 26.8. The molecule has 0 spiro atoms. The maximum Gasteiger partial charge on any atom is 0.343 e. The average Bonchev–Trinajstić information content (AvgIpc) is 3.30. The Bertz CT molecular complexity index is 926. The fraction of sp³-hybridized carbons (Fsp3) is 0.263. The van der Waals surface area contributed by atoms with Crippen LogP contribution < -0.4 is 24.4 Å². The Hall–Kier alpha value is -3.22. The van der Waals surface area contributed by atoms with Crippen molar-refractivity contribution in [2.24, 2.45) is 0 Å². The van der Waals surface area contributed by atoms with Gasteiger partial charge in [-0.05, 0) is 43.2 Å². The summed E-state index contributed by atoms with van der Waals surface area (Å²) in [6.45, 7) is 1.01.